The topological polar surface area (TPSA) is 68.7 Å². The Kier molecular flexibility index (Phi) is 6.90. The van der Waals surface area contributed by atoms with Crippen molar-refractivity contribution in [3.63, 3.8) is 0 Å². The summed E-state index contributed by atoms with van der Waals surface area (Å²) in [5, 5.41) is 1.63. The van der Waals surface area contributed by atoms with Crippen molar-refractivity contribution in [2.75, 3.05) is 26.3 Å². The number of carbonyl (C=O) groups is 2. The fourth-order valence-electron chi connectivity index (χ4n) is 4.02. The molecule has 4 rings (SSSR count). The second-order valence-corrected chi connectivity index (χ2v) is 8.14. The Morgan fingerprint density at radius 3 is 2.81 bits per heavy atom. The molecule has 7 heteroatoms. The Hall–Kier alpha value is -3.12. The van der Waals surface area contributed by atoms with Gasteiger partial charge < -0.3 is 14.4 Å². The van der Waals surface area contributed by atoms with E-state index in [0.717, 1.165) is 34.9 Å². The molecule has 0 aliphatic carbocycles. The molecule has 1 atom stereocenters. The molecular weight excluding hydrogens is 428 g/mol. The van der Waals surface area contributed by atoms with E-state index in [-0.39, 0.29) is 24.4 Å². The molecule has 0 unspecified atom stereocenters. The molecule has 1 amide bonds. The van der Waals surface area contributed by atoms with Crippen LogP contribution in [-0.2, 0) is 14.3 Å². The van der Waals surface area contributed by atoms with Crippen LogP contribution in [0.15, 0.2) is 54.7 Å². The quantitative estimate of drug-likeness (QED) is 0.505. The number of rotatable bonds is 6. The fourth-order valence-corrected chi connectivity index (χ4v) is 4.26. The fraction of sp³-hybridized carbons (Fsp3) is 0.320. The summed E-state index contributed by atoms with van der Waals surface area (Å²) in [4.78, 5) is 30.8. The highest BCUT2D eigenvalue weighted by molar-refractivity contribution is 6.33. The summed E-state index contributed by atoms with van der Waals surface area (Å²) in [6.45, 7) is 3.04. The molecule has 2 aromatic carbocycles. The first-order valence-corrected chi connectivity index (χ1v) is 11.2. The highest BCUT2D eigenvalue weighted by atomic mass is 35.5. The number of aromatic nitrogens is 1. The summed E-state index contributed by atoms with van der Waals surface area (Å²) < 4.78 is 10.9. The third-order valence-electron chi connectivity index (χ3n) is 5.63. The van der Waals surface area contributed by atoms with Gasteiger partial charge in [-0.1, -0.05) is 29.8 Å². The third-order valence-corrected chi connectivity index (χ3v) is 5.96. The minimum atomic E-state index is -0.263. The van der Waals surface area contributed by atoms with E-state index in [1.807, 2.05) is 48.5 Å². The summed E-state index contributed by atoms with van der Waals surface area (Å²) in [6, 6.07) is 15.2. The average Bonchev–Trinajstić information content (AvgIpc) is 2.82. The van der Waals surface area contributed by atoms with Crippen molar-refractivity contribution in [2.24, 2.45) is 5.92 Å². The van der Waals surface area contributed by atoms with Gasteiger partial charge in [-0.2, -0.15) is 0 Å². The van der Waals surface area contributed by atoms with E-state index in [0.29, 0.717) is 30.5 Å². The molecule has 1 aliphatic rings. The van der Waals surface area contributed by atoms with Crippen LogP contribution in [0.2, 0.25) is 5.02 Å². The Morgan fingerprint density at radius 2 is 2.00 bits per heavy atom. The summed E-state index contributed by atoms with van der Waals surface area (Å²) in [6.07, 6.45) is 3.26. The van der Waals surface area contributed by atoms with E-state index in [2.05, 4.69) is 4.98 Å². The zero-order valence-corrected chi connectivity index (χ0v) is 18.7. The monoisotopic (exact) mass is 452 g/mol. The van der Waals surface area contributed by atoms with Gasteiger partial charge in [-0.15, -0.1) is 0 Å². The van der Waals surface area contributed by atoms with Crippen LogP contribution in [0.1, 0.15) is 19.8 Å². The van der Waals surface area contributed by atoms with Gasteiger partial charge in [-0.3, -0.25) is 14.6 Å². The molecule has 1 aromatic heterocycles. The van der Waals surface area contributed by atoms with Gasteiger partial charge in [0.1, 0.15) is 5.75 Å². The number of nitrogens with zero attached hydrogens (tertiary/aromatic N) is 2. The Labute approximate surface area is 192 Å². The Balaban J connectivity index is 1.44. The van der Waals surface area contributed by atoms with Crippen LogP contribution in [0, 0.1) is 5.92 Å². The molecule has 6 nitrogen and oxygen atoms in total. The smallest absolute Gasteiger partial charge is 0.310 e. The maximum absolute atomic E-state index is 12.7. The molecular formula is C25H25ClN2O4. The minimum absolute atomic E-state index is 0.0920. The van der Waals surface area contributed by atoms with Gasteiger partial charge in [0, 0.05) is 41.3 Å². The second-order valence-electron chi connectivity index (χ2n) is 7.74. The van der Waals surface area contributed by atoms with Gasteiger partial charge in [0.25, 0.3) is 5.91 Å². The number of pyridine rings is 1. The van der Waals surface area contributed by atoms with Crippen molar-refractivity contribution < 1.29 is 19.1 Å². The Bertz CT molecular complexity index is 1130. The zero-order valence-electron chi connectivity index (χ0n) is 17.9. The van der Waals surface area contributed by atoms with Crippen LogP contribution >= 0.6 is 11.6 Å². The van der Waals surface area contributed by atoms with Gasteiger partial charge >= 0.3 is 5.97 Å². The maximum atomic E-state index is 12.7. The number of ether oxygens (including phenoxy) is 2. The number of hydrogen-bond acceptors (Lipinski definition) is 5. The van der Waals surface area contributed by atoms with Crippen LogP contribution in [0.25, 0.3) is 22.0 Å². The van der Waals surface area contributed by atoms with E-state index in [9.17, 15) is 9.59 Å². The first-order chi connectivity index (χ1) is 15.6. The van der Waals surface area contributed by atoms with Crippen LogP contribution < -0.4 is 4.74 Å². The number of carbonyl (C=O) groups excluding carboxylic acids is 2. The van der Waals surface area contributed by atoms with E-state index in [1.165, 1.54) is 0 Å². The third kappa shape index (κ3) is 4.86. The van der Waals surface area contributed by atoms with E-state index < -0.39 is 0 Å². The first-order valence-electron chi connectivity index (χ1n) is 10.8. The molecule has 1 fully saturated rings. The van der Waals surface area contributed by atoms with Crippen molar-refractivity contribution in [3.05, 3.63) is 59.8 Å². The molecule has 3 aromatic rings. The molecule has 2 heterocycles. The Morgan fingerprint density at radius 1 is 1.16 bits per heavy atom. The summed E-state index contributed by atoms with van der Waals surface area (Å²) in [5.41, 5.74) is 2.68. The highest BCUT2D eigenvalue weighted by Gasteiger charge is 2.29. The molecule has 32 heavy (non-hydrogen) atoms. The lowest BCUT2D eigenvalue weighted by molar-refractivity contribution is -0.151. The molecule has 0 bridgehead atoms. The van der Waals surface area contributed by atoms with Gasteiger partial charge in [0.05, 0.1) is 18.0 Å². The highest BCUT2D eigenvalue weighted by Crippen LogP contribution is 2.33. The molecule has 0 saturated carbocycles. The molecule has 166 valence electrons. The number of hydrogen-bond donors (Lipinski definition) is 0. The largest absolute Gasteiger partial charge is 0.484 e. The van der Waals surface area contributed by atoms with Crippen LogP contribution in [0.3, 0.4) is 0 Å². The minimum Gasteiger partial charge on any atom is -0.484 e. The van der Waals surface area contributed by atoms with Crippen LogP contribution in [0.4, 0.5) is 0 Å². The number of halogens is 1. The number of amides is 1. The lowest BCUT2D eigenvalue weighted by Gasteiger charge is -2.31. The summed E-state index contributed by atoms with van der Waals surface area (Å²) in [5.74, 6) is -0.0768. The lowest BCUT2D eigenvalue weighted by Crippen LogP contribution is -2.44. The van der Waals surface area contributed by atoms with Gasteiger partial charge in [-0.25, -0.2) is 0 Å². The summed E-state index contributed by atoms with van der Waals surface area (Å²) >= 11 is 6.38. The number of piperidine rings is 1. The predicted octanol–water partition coefficient (Wildman–Crippen LogP) is 4.74. The van der Waals surface area contributed by atoms with E-state index in [4.69, 9.17) is 21.1 Å². The SMILES string of the molecule is CCOC(=O)[C@H]1CCCN(C(=O)COc2ccc3c(-c4ccccc4Cl)ccnc3c2)C1. The number of likely N-dealkylation sites (tertiary alicyclic amines) is 1. The van der Waals surface area contributed by atoms with Crippen molar-refractivity contribution in [2.45, 2.75) is 19.8 Å². The van der Waals surface area contributed by atoms with E-state index in [1.54, 1.807) is 18.0 Å². The zero-order chi connectivity index (χ0) is 22.5. The first kappa shape index (κ1) is 22.1. The van der Waals surface area contributed by atoms with Crippen LogP contribution in [-0.4, -0.2) is 48.1 Å². The molecule has 1 saturated heterocycles. The predicted molar refractivity (Wildman–Crippen MR) is 124 cm³/mol. The second kappa shape index (κ2) is 10.0. The van der Waals surface area contributed by atoms with Gasteiger partial charge in [0.15, 0.2) is 6.61 Å². The van der Waals surface area contributed by atoms with Crippen molar-refractivity contribution >= 4 is 34.4 Å². The molecule has 0 N–H and O–H groups in total. The van der Waals surface area contributed by atoms with Crippen molar-refractivity contribution in [1.29, 1.82) is 0 Å². The molecule has 0 spiro atoms. The number of esters is 1. The molecule has 0 radical (unpaired) electrons. The lowest BCUT2D eigenvalue weighted by atomic mass is 9.98. The van der Waals surface area contributed by atoms with Gasteiger partial charge in [-0.05, 0) is 49.6 Å². The number of benzene rings is 2. The standard InChI is InChI=1S/C25H25ClN2O4/c1-2-31-25(30)17-6-5-13-28(15-17)24(29)16-32-18-9-10-21-19(11-12-27-23(21)14-18)20-7-3-4-8-22(20)26/h3-4,7-12,14,17H,2,5-6,13,15-16H2,1H3/t17-/m0/s1. The van der Waals surface area contributed by atoms with Crippen LogP contribution in [0.5, 0.6) is 5.75 Å². The van der Waals surface area contributed by atoms with E-state index >= 15 is 0 Å². The normalized spacial score (nSPS) is 16.1. The van der Waals surface area contributed by atoms with Crippen molar-refractivity contribution in [1.82, 2.24) is 9.88 Å². The maximum Gasteiger partial charge on any atom is 0.310 e. The van der Waals surface area contributed by atoms with Crippen molar-refractivity contribution in [3.8, 4) is 16.9 Å². The van der Waals surface area contributed by atoms with Gasteiger partial charge in [0.2, 0.25) is 0 Å². The summed E-state index contributed by atoms with van der Waals surface area (Å²) in [7, 11) is 0. The average molecular weight is 453 g/mol. The number of fused-ring (bicyclic) bond motifs is 1. The molecule has 1 aliphatic heterocycles.